The lowest BCUT2D eigenvalue weighted by atomic mass is 9.78. The summed E-state index contributed by atoms with van der Waals surface area (Å²) in [5, 5.41) is 27.7. The smallest absolute Gasteiger partial charge is 0.243 e. The number of nitrogens with zero attached hydrogens (tertiary/aromatic N) is 1. The fourth-order valence-electron chi connectivity index (χ4n) is 1.31. The second-order valence-corrected chi connectivity index (χ2v) is 3.99. The van der Waals surface area contributed by atoms with Gasteiger partial charge in [0.15, 0.2) is 5.41 Å². The number of aliphatic hydroxyl groups is 2. The summed E-state index contributed by atoms with van der Waals surface area (Å²) in [5.41, 5.74) is 3.17. The Hall–Kier alpha value is -0.770. The van der Waals surface area contributed by atoms with Crippen LogP contribution in [0.2, 0.25) is 0 Å². The number of carbonyl (C=O) groups excluding carboxylic acids is 1. The normalized spacial score (nSPS) is 39.5. The summed E-state index contributed by atoms with van der Waals surface area (Å²) >= 11 is 1.29. The zero-order valence-electron chi connectivity index (χ0n) is 6.80. The largest absolute Gasteiger partial charge is 0.390 e. The Morgan fingerprint density at radius 2 is 2.00 bits per heavy atom. The number of nitriles is 1. The Morgan fingerprint density at radius 3 is 2.23 bits per heavy atom. The van der Waals surface area contributed by atoms with Gasteiger partial charge >= 0.3 is 0 Å². The monoisotopic (exact) mass is 202 g/mol. The summed E-state index contributed by atoms with van der Waals surface area (Å²) in [7, 11) is 0. The van der Waals surface area contributed by atoms with Gasteiger partial charge in [0.1, 0.15) is 0 Å². The van der Waals surface area contributed by atoms with Crippen LogP contribution in [0.15, 0.2) is 0 Å². The van der Waals surface area contributed by atoms with E-state index in [0.717, 1.165) is 0 Å². The van der Waals surface area contributed by atoms with E-state index in [1.54, 1.807) is 6.07 Å². The van der Waals surface area contributed by atoms with Crippen LogP contribution in [0.25, 0.3) is 0 Å². The number of thioether (sulfide) groups is 1. The number of carbonyl (C=O) groups is 1. The van der Waals surface area contributed by atoms with Crippen molar-refractivity contribution in [2.45, 2.75) is 12.2 Å². The number of hydrogen-bond donors (Lipinski definition) is 3. The minimum atomic E-state index is -1.83. The van der Waals surface area contributed by atoms with E-state index in [2.05, 4.69) is 0 Å². The molecule has 0 bridgehead atoms. The topological polar surface area (TPSA) is 107 Å². The molecule has 4 N–H and O–H groups in total. The highest BCUT2D eigenvalue weighted by molar-refractivity contribution is 7.99. The van der Waals surface area contributed by atoms with Crippen LogP contribution in [-0.4, -0.2) is 39.8 Å². The molecule has 5 nitrogen and oxygen atoms in total. The molecular weight excluding hydrogens is 192 g/mol. The van der Waals surface area contributed by atoms with E-state index < -0.39 is 23.5 Å². The first-order valence-electron chi connectivity index (χ1n) is 3.70. The molecule has 0 radical (unpaired) electrons. The second kappa shape index (κ2) is 3.54. The first kappa shape index (κ1) is 10.3. The van der Waals surface area contributed by atoms with Crippen LogP contribution in [0, 0.1) is 16.7 Å². The van der Waals surface area contributed by atoms with E-state index in [-0.39, 0.29) is 11.5 Å². The van der Waals surface area contributed by atoms with Gasteiger partial charge in [0.05, 0.1) is 18.3 Å². The maximum absolute atomic E-state index is 11.0. The third-order valence-electron chi connectivity index (χ3n) is 2.20. The van der Waals surface area contributed by atoms with Gasteiger partial charge in [0.2, 0.25) is 5.91 Å². The molecule has 1 amide bonds. The number of amides is 1. The molecule has 0 aromatic heterocycles. The quantitative estimate of drug-likeness (QED) is 0.477. The Morgan fingerprint density at radius 1 is 1.54 bits per heavy atom. The first-order chi connectivity index (χ1) is 6.05. The van der Waals surface area contributed by atoms with E-state index in [1.165, 1.54) is 11.8 Å². The molecule has 72 valence electrons. The van der Waals surface area contributed by atoms with Crippen molar-refractivity contribution >= 4 is 17.7 Å². The summed E-state index contributed by atoms with van der Waals surface area (Å²) in [6, 6.07) is 1.63. The van der Waals surface area contributed by atoms with Gasteiger partial charge in [-0.3, -0.25) is 4.79 Å². The molecular formula is C7H10N2O3S. The van der Waals surface area contributed by atoms with Gasteiger partial charge in [-0.25, -0.2) is 0 Å². The average Bonchev–Trinajstić information content (AvgIpc) is 2.05. The fourth-order valence-corrected chi connectivity index (χ4v) is 2.42. The van der Waals surface area contributed by atoms with Crippen LogP contribution in [0.3, 0.4) is 0 Å². The molecule has 1 fully saturated rings. The predicted molar refractivity (Wildman–Crippen MR) is 46.6 cm³/mol. The van der Waals surface area contributed by atoms with E-state index in [0.29, 0.717) is 0 Å². The van der Waals surface area contributed by atoms with Crippen molar-refractivity contribution in [1.82, 2.24) is 0 Å². The standard InChI is InChI=1S/C7H10N2O3S/c8-3-7(6(9)12)4(10)1-13-2-5(7)11/h4-5,10-11H,1-2H2,(H2,9,12). The van der Waals surface area contributed by atoms with Gasteiger partial charge in [-0.2, -0.15) is 17.0 Å². The molecule has 0 aliphatic carbocycles. The van der Waals surface area contributed by atoms with Crippen molar-refractivity contribution < 1.29 is 15.0 Å². The van der Waals surface area contributed by atoms with Crippen molar-refractivity contribution in [3.63, 3.8) is 0 Å². The summed E-state index contributed by atoms with van der Waals surface area (Å²) in [6.45, 7) is 0. The van der Waals surface area contributed by atoms with Crippen molar-refractivity contribution in [2.75, 3.05) is 11.5 Å². The van der Waals surface area contributed by atoms with Crippen molar-refractivity contribution in [2.24, 2.45) is 11.1 Å². The second-order valence-electron chi connectivity index (χ2n) is 2.91. The van der Waals surface area contributed by atoms with Crippen molar-refractivity contribution in [3.8, 4) is 6.07 Å². The highest BCUT2D eigenvalue weighted by Gasteiger charge is 2.52. The third kappa shape index (κ3) is 1.39. The van der Waals surface area contributed by atoms with Gasteiger partial charge in [-0.15, -0.1) is 0 Å². The Labute approximate surface area is 79.5 Å². The highest BCUT2D eigenvalue weighted by Crippen LogP contribution is 2.34. The predicted octanol–water partition coefficient (Wildman–Crippen LogP) is -1.55. The molecule has 0 saturated carbocycles. The maximum atomic E-state index is 11.0. The van der Waals surface area contributed by atoms with Crippen LogP contribution < -0.4 is 5.73 Å². The van der Waals surface area contributed by atoms with Gasteiger partial charge < -0.3 is 15.9 Å². The molecule has 1 heterocycles. The molecule has 2 unspecified atom stereocenters. The summed E-state index contributed by atoms with van der Waals surface area (Å²) in [4.78, 5) is 11.0. The number of aliphatic hydroxyl groups excluding tert-OH is 2. The maximum Gasteiger partial charge on any atom is 0.243 e. The number of primary amides is 1. The van der Waals surface area contributed by atoms with Crippen LogP contribution >= 0.6 is 11.8 Å². The third-order valence-corrected chi connectivity index (χ3v) is 3.30. The molecule has 0 aromatic rings. The van der Waals surface area contributed by atoms with E-state index in [9.17, 15) is 15.0 Å². The van der Waals surface area contributed by atoms with Crippen LogP contribution in [-0.2, 0) is 4.79 Å². The Bertz CT molecular complexity index is 253. The van der Waals surface area contributed by atoms with Gasteiger partial charge in [-0.05, 0) is 0 Å². The molecule has 13 heavy (non-hydrogen) atoms. The molecule has 1 saturated heterocycles. The summed E-state index contributed by atoms with van der Waals surface area (Å²) in [5.74, 6) is -0.475. The zero-order chi connectivity index (χ0) is 10.1. The molecule has 0 spiro atoms. The zero-order valence-corrected chi connectivity index (χ0v) is 7.62. The van der Waals surface area contributed by atoms with E-state index in [4.69, 9.17) is 11.0 Å². The fraction of sp³-hybridized carbons (Fsp3) is 0.714. The van der Waals surface area contributed by atoms with Gasteiger partial charge in [-0.1, -0.05) is 0 Å². The van der Waals surface area contributed by atoms with Gasteiger partial charge in [0.25, 0.3) is 0 Å². The molecule has 2 atom stereocenters. The van der Waals surface area contributed by atoms with Gasteiger partial charge in [0, 0.05) is 11.5 Å². The minimum Gasteiger partial charge on any atom is -0.390 e. The molecule has 6 heteroatoms. The number of hydrogen-bond acceptors (Lipinski definition) is 5. The van der Waals surface area contributed by atoms with Crippen LogP contribution in [0.5, 0.6) is 0 Å². The average molecular weight is 202 g/mol. The Kier molecular flexibility index (Phi) is 2.81. The molecule has 0 aromatic carbocycles. The Balaban J connectivity index is 3.05. The minimum absolute atomic E-state index is 0.244. The highest BCUT2D eigenvalue weighted by atomic mass is 32.2. The number of nitrogens with two attached hydrogens (primary N) is 1. The lowest BCUT2D eigenvalue weighted by Gasteiger charge is -2.36. The molecule has 1 aliphatic heterocycles. The first-order valence-corrected chi connectivity index (χ1v) is 4.86. The SMILES string of the molecule is N#CC1(C(N)=O)C(O)CSCC1O. The van der Waals surface area contributed by atoms with Crippen LogP contribution in [0.1, 0.15) is 0 Å². The summed E-state index contributed by atoms with van der Waals surface area (Å²) < 4.78 is 0. The van der Waals surface area contributed by atoms with Crippen molar-refractivity contribution in [1.29, 1.82) is 5.26 Å². The van der Waals surface area contributed by atoms with E-state index >= 15 is 0 Å². The molecule has 1 rings (SSSR count). The molecule has 1 aliphatic rings. The van der Waals surface area contributed by atoms with E-state index in [1.807, 2.05) is 0 Å². The lowest BCUT2D eigenvalue weighted by Crippen LogP contribution is -2.57. The van der Waals surface area contributed by atoms with Crippen molar-refractivity contribution in [3.05, 3.63) is 0 Å². The number of rotatable bonds is 1. The summed E-state index contributed by atoms with van der Waals surface area (Å²) in [6.07, 6.45) is -2.38. The lowest BCUT2D eigenvalue weighted by molar-refractivity contribution is -0.136. The van der Waals surface area contributed by atoms with Crippen LogP contribution in [0.4, 0.5) is 0 Å².